The zero-order chi connectivity index (χ0) is 35.6. The van der Waals surface area contributed by atoms with Gasteiger partial charge >= 0.3 is 7.25 Å². The first-order valence-electron chi connectivity index (χ1n) is 16.8. The van der Waals surface area contributed by atoms with Gasteiger partial charge in [0.05, 0.1) is 0 Å². The molecule has 1 heterocycles. The van der Waals surface area contributed by atoms with E-state index >= 15 is 0 Å². The smallest absolute Gasteiger partial charge is 0.457 e. The van der Waals surface area contributed by atoms with Crippen molar-refractivity contribution in [2.45, 2.75) is 19.3 Å². The Balaban J connectivity index is 0.000000839. The summed E-state index contributed by atoms with van der Waals surface area (Å²) in [5, 5.41) is 0. The third kappa shape index (κ3) is 9.61. The van der Waals surface area contributed by atoms with Gasteiger partial charge in [-0.2, -0.15) is 4.57 Å². The molecule has 1 unspecified atom stereocenters. The van der Waals surface area contributed by atoms with Crippen LogP contribution < -0.4 is 9.30 Å². The first-order chi connectivity index (χ1) is 24.7. The number of benzene rings is 6. The van der Waals surface area contributed by atoms with Crippen LogP contribution in [0.2, 0.25) is 0 Å². The maximum atomic E-state index is 9.75. The van der Waals surface area contributed by atoms with Crippen molar-refractivity contribution < 1.29 is 26.6 Å². The summed E-state index contributed by atoms with van der Waals surface area (Å²) in [6, 6.07) is 64.0. The Labute approximate surface area is 296 Å². The Morgan fingerprint density at radius 3 is 1.33 bits per heavy atom. The molecule has 0 N–H and O–H groups in total. The van der Waals surface area contributed by atoms with Gasteiger partial charge in [0.15, 0.2) is 0 Å². The van der Waals surface area contributed by atoms with E-state index < -0.39 is 7.25 Å². The van der Waals surface area contributed by atoms with Crippen molar-refractivity contribution >= 4 is 7.25 Å². The van der Waals surface area contributed by atoms with Crippen LogP contribution >= 0.6 is 0 Å². The number of hydrogen-bond acceptors (Lipinski definition) is 1. The quantitative estimate of drug-likeness (QED) is 0.0840. The van der Waals surface area contributed by atoms with Crippen LogP contribution in [0.3, 0.4) is 0 Å². The maximum absolute atomic E-state index is 9.75. The molecule has 0 aliphatic heterocycles. The molecule has 0 aliphatic rings. The van der Waals surface area contributed by atoms with E-state index in [4.69, 9.17) is 4.74 Å². The molecule has 1 aromatic heterocycles. The number of halogens is 4. The van der Waals surface area contributed by atoms with E-state index in [1.807, 2.05) is 0 Å². The van der Waals surface area contributed by atoms with Crippen LogP contribution in [0.25, 0.3) is 39.3 Å². The van der Waals surface area contributed by atoms with Gasteiger partial charge < -0.3 is 22.0 Å². The number of nitrogens with zero attached hydrogens (tertiary/aromatic N) is 1. The van der Waals surface area contributed by atoms with E-state index in [9.17, 15) is 17.3 Å². The molecule has 7 rings (SSSR count). The van der Waals surface area contributed by atoms with Gasteiger partial charge in [0.1, 0.15) is 11.5 Å². The monoisotopic (exact) mass is 681 g/mol. The van der Waals surface area contributed by atoms with Crippen molar-refractivity contribution in [1.29, 1.82) is 0 Å². The van der Waals surface area contributed by atoms with Crippen LogP contribution in [0.4, 0.5) is 17.3 Å². The van der Waals surface area contributed by atoms with Gasteiger partial charge in [-0.3, -0.25) is 0 Å². The van der Waals surface area contributed by atoms with Gasteiger partial charge in [-0.1, -0.05) is 116 Å². The summed E-state index contributed by atoms with van der Waals surface area (Å²) in [5.41, 5.74) is 10.6. The molecule has 7 aromatic rings. The van der Waals surface area contributed by atoms with Crippen molar-refractivity contribution in [3.05, 3.63) is 193 Å². The third-order valence-corrected chi connectivity index (χ3v) is 8.48. The van der Waals surface area contributed by atoms with E-state index in [0.29, 0.717) is 5.92 Å². The second kappa shape index (κ2) is 16.2. The molecule has 0 saturated heterocycles. The van der Waals surface area contributed by atoms with Gasteiger partial charge in [-0.25, -0.2) is 0 Å². The molecule has 7 heteroatoms. The standard InChI is InChI=1S/C44H36NO.BF4/c1-33(30-34-14-6-2-7-15-34)35-22-26-41(27-23-35)46-42-28-24-40(25-29-42)45-43(37-18-10-4-11-19-37)31-39(36-16-8-3-9-17-36)32-44(45)38-20-12-5-13-21-38;2-1(3,4)5/h2-29,31-33H,30H2,1H3;/q+1;-1. The third-order valence-electron chi connectivity index (χ3n) is 8.48. The van der Waals surface area contributed by atoms with Crippen molar-refractivity contribution in [2.75, 3.05) is 0 Å². The van der Waals surface area contributed by atoms with Crippen LogP contribution in [0.5, 0.6) is 11.5 Å². The lowest BCUT2D eigenvalue weighted by Gasteiger charge is -2.14. The van der Waals surface area contributed by atoms with E-state index in [2.05, 4.69) is 193 Å². The summed E-state index contributed by atoms with van der Waals surface area (Å²) in [7, 11) is -6.00. The van der Waals surface area contributed by atoms with E-state index in [0.717, 1.165) is 46.1 Å². The summed E-state index contributed by atoms with van der Waals surface area (Å²) >= 11 is 0. The zero-order valence-corrected chi connectivity index (χ0v) is 28.0. The van der Waals surface area contributed by atoms with Crippen LogP contribution in [0, 0.1) is 0 Å². The first kappa shape index (κ1) is 34.9. The molecule has 2 nitrogen and oxygen atoms in total. The molecule has 0 aliphatic carbocycles. The average Bonchev–Trinajstić information content (AvgIpc) is 3.16. The van der Waals surface area contributed by atoms with Gasteiger partial charge in [0, 0.05) is 35.4 Å². The summed E-state index contributed by atoms with van der Waals surface area (Å²) < 4.78 is 47.7. The fraction of sp³-hybridized carbons (Fsp3) is 0.0682. The number of pyridine rings is 1. The van der Waals surface area contributed by atoms with Gasteiger partial charge in [-0.15, -0.1) is 0 Å². The summed E-state index contributed by atoms with van der Waals surface area (Å²) in [6.07, 6.45) is 1.02. The lowest BCUT2D eigenvalue weighted by molar-refractivity contribution is -0.572. The van der Waals surface area contributed by atoms with Crippen LogP contribution in [0.1, 0.15) is 24.0 Å². The first-order valence-corrected chi connectivity index (χ1v) is 16.8. The molecular weight excluding hydrogens is 645 g/mol. The summed E-state index contributed by atoms with van der Waals surface area (Å²) in [5.74, 6) is 2.06. The molecule has 0 radical (unpaired) electrons. The molecule has 51 heavy (non-hydrogen) atoms. The highest BCUT2D eigenvalue weighted by Gasteiger charge is 2.25. The Morgan fingerprint density at radius 1 is 0.490 bits per heavy atom. The van der Waals surface area contributed by atoms with Crippen molar-refractivity contribution in [3.8, 4) is 50.8 Å². The highest BCUT2D eigenvalue weighted by molar-refractivity contribution is 6.50. The van der Waals surface area contributed by atoms with Crippen LogP contribution in [-0.4, -0.2) is 7.25 Å². The maximum Gasteiger partial charge on any atom is 0.673 e. The molecular formula is C44H36BF4NO. The normalized spacial score (nSPS) is 11.6. The minimum absolute atomic E-state index is 0.429. The van der Waals surface area contributed by atoms with Crippen LogP contribution in [-0.2, 0) is 6.42 Å². The Kier molecular flexibility index (Phi) is 11.1. The fourth-order valence-electron chi connectivity index (χ4n) is 6.06. The number of aromatic nitrogens is 1. The topological polar surface area (TPSA) is 13.1 Å². The van der Waals surface area contributed by atoms with E-state index in [1.165, 1.54) is 22.3 Å². The molecule has 6 aromatic carbocycles. The second-order valence-corrected chi connectivity index (χ2v) is 12.2. The molecule has 0 fully saturated rings. The lowest BCUT2D eigenvalue weighted by atomic mass is 9.94. The van der Waals surface area contributed by atoms with E-state index in [-0.39, 0.29) is 0 Å². The van der Waals surface area contributed by atoms with E-state index in [1.54, 1.807) is 0 Å². The van der Waals surface area contributed by atoms with Gasteiger partial charge in [0.2, 0.25) is 17.1 Å². The molecule has 1 atom stereocenters. The highest BCUT2D eigenvalue weighted by atomic mass is 19.5. The lowest BCUT2D eigenvalue weighted by Crippen LogP contribution is -2.36. The van der Waals surface area contributed by atoms with Crippen molar-refractivity contribution in [3.63, 3.8) is 0 Å². The summed E-state index contributed by atoms with van der Waals surface area (Å²) in [6.45, 7) is 2.28. The van der Waals surface area contributed by atoms with Gasteiger partial charge in [0.25, 0.3) is 0 Å². The van der Waals surface area contributed by atoms with Crippen molar-refractivity contribution in [2.24, 2.45) is 0 Å². The Hall–Kier alpha value is -5.95. The number of ether oxygens (including phenoxy) is 1. The largest absolute Gasteiger partial charge is 0.673 e. The molecule has 0 spiro atoms. The zero-order valence-electron chi connectivity index (χ0n) is 28.0. The molecule has 254 valence electrons. The minimum atomic E-state index is -6.00. The Morgan fingerprint density at radius 2 is 0.882 bits per heavy atom. The summed E-state index contributed by atoms with van der Waals surface area (Å²) in [4.78, 5) is 0. The fourth-order valence-corrected chi connectivity index (χ4v) is 6.06. The number of hydrogen-bond donors (Lipinski definition) is 0. The highest BCUT2D eigenvalue weighted by Crippen LogP contribution is 2.32. The molecule has 0 amide bonds. The van der Waals surface area contributed by atoms with Gasteiger partial charge in [-0.05, 0) is 83.1 Å². The second-order valence-electron chi connectivity index (χ2n) is 12.2. The Bertz CT molecular complexity index is 2060. The van der Waals surface area contributed by atoms with Crippen molar-refractivity contribution in [1.82, 2.24) is 0 Å². The number of rotatable bonds is 9. The molecule has 0 saturated carbocycles. The molecule has 0 bridgehead atoms. The minimum Gasteiger partial charge on any atom is -0.457 e. The predicted molar refractivity (Wildman–Crippen MR) is 200 cm³/mol. The SMILES string of the molecule is CC(Cc1ccccc1)c1ccc(Oc2ccc(-[n+]3c(-c4ccccc4)cc(-c4ccccc4)cc3-c3ccccc3)cc2)cc1.F[B-](F)(F)F. The predicted octanol–water partition coefficient (Wildman–Crippen LogP) is 12.4. The van der Waals surface area contributed by atoms with Crippen LogP contribution in [0.15, 0.2) is 182 Å². The average molecular weight is 682 g/mol.